The van der Waals surface area contributed by atoms with Crippen molar-refractivity contribution < 1.29 is 26.7 Å². The van der Waals surface area contributed by atoms with E-state index in [4.69, 9.17) is 9.98 Å². The number of hydrogen-bond donors (Lipinski definition) is 2. The number of benzene rings is 4. The van der Waals surface area contributed by atoms with Crippen LogP contribution in [0.1, 0.15) is 113 Å². The molecule has 0 aromatic heterocycles. The minimum atomic E-state index is 0. The minimum absolute atomic E-state index is 0. The van der Waals surface area contributed by atoms with Crippen molar-refractivity contribution in [3.05, 3.63) is 94.0 Å². The van der Waals surface area contributed by atoms with Gasteiger partial charge in [0.25, 0.3) is 0 Å². The quantitative estimate of drug-likeness (QED) is 0.0791. The van der Waals surface area contributed by atoms with E-state index in [-0.39, 0.29) is 28.0 Å². The predicted molar refractivity (Wildman–Crippen MR) is 200 cm³/mol. The standard InChI is InChI=1S/C26H36N2.C16H20O2.Ni/c1-6-11-12-26(28-25-16-14-21(8-3)23(10-5)18-25)19-27-24-15-13-20(7-2)22(9-4)17-24;1-3-4-5-6-12-9-13-7-11(2)8-14(17)16(13)15(18)10-12;/h13-19H,6-12H2,1-5H3;7-10,17-18H,3-6H2,1-2H3;. The van der Waals surface area contributed by atoms with E-state index in [1.54, 1.807) is 12.1 Å². The molecule has 0 aliphatic carbocycles. The Labute approximate surface area is 294 Å². The van der Waals surface area contributed by atoms with Crippen LogP contribution in [0.15, 0.2) is 70.6 Å². The summed E-state index contributed by atoms with van der Waals surface area (Å²) in [5.74, 6) is 0.333. The van der Waals surface area contributed by atoms with Crippen molar-refractivity contribution in [3.63, 3.8) is 0 Å². The van der Waals surface area contributed by atoms with Crippen molar-refractivity contribution >= 4 is 34.1 Å². The third kappa shape index (κ3) is 12.0. The van der Waals surface area contributed by atoms with Gasteiger partial charge >= 0.3 is 0 Å². The Bertz CT molecular complexity index is 1620. The Morgan fingerprint density at radius 3 is 1.81 bits per heavy atom. The van der Waals surface area contributed by atoms with Crippen LogP contribution in [0.3, 0.4) is 0 Å². The predicted octanol–water partition coefficient (Wildman–Crippen LogP) is 11.9. The number of nitrogens with zero attached hydrogens (tertiary/aromatic N) is 2. The topological polar surface area (TPSA) is 65.2 Å². The number of phenols is 2. The fourth-order valence-corrected chi connectivity index (χ4v) is 5.95. The summed E-state index contributed by atoms with van der Waals surface area (Å²) in [7, 11) is 0. The van der Waals surface area contributed by atoms with Crippen molar-refractivity contribution in [1.29, 1.82) is 0 Å². The van der Waals surface area contributed by atoms with Crippen LogP contribution in [-0.4, -0.2) is 22.1 Å². The van der Waals surface area contributed by atoms with E-state index in [1.807, 2.05) is 19.2 Å². The van der Waals surface area contributed by atoms with E-state index in [9.17, 15) is 10.2 Å². The number of fused-ring (bicyclic) bond motifs is 1. The van der Waals surface area contributed by atoms with Gasteiger partial charge in [0.2, 0.25) is 0 Å². The van der Waals surface area contributed by atoms with Gasteiger partial charge in [-0.2, -0.15) is 0 Å². The Hall–Kier alpha value is -3.43. The summed E-state index contributed by atoms with van der Waals surface area (Å²) in [4.78, 5) is 9.70. The zero-order chi connectivity index (χ0) is 33.5. The molecule has 0 bridgehead atoms. The summed E-state index contributed by atoms with van der Waals surface area (Å²) in [5.41, 5.74) is 10.9. The number of hydrogen-bond acceptors (Lipinski definition) is 4. The molecule has 2 N–H and O–H groups in total. The molecule has 0 saturated carbocycles. The summed E-state index contributed by atoms with van der Waals surface area (Å²) in [6.45, 7) is 15.2. The number of aromatic hydroxyl groups is 2. The fraction of sp³-hybridized carbons (Fsp3) is 0.429. The molecular formula is C42H56N2NiO2. The van der Waals surface area contributed by atoms with Gasteiger partial charge < -0.3 is 10.2 Å². The molecule has 256 valence electrons. The normalized spacial score (nSPS) is 11.4. The molecule has 4 nitrogen and oxygen atoms in total. The van der Waals surface area contributed by atoms with Crippen LogP contribution in [0, 0.1) is 6.92 Å². The van der Waals surface area contributed by atoms with E-state index in [2.05, 4.69) is 84.0 Å². The second-order valence-corrected chi connectivity index (χ2v) is 12.2. The molecule has 0 aliphatic rings. The second kappa shape index (κ2) is 20.7. The smallest absolute Gasteiger partial charge is 0.127 e. The van der Waals surface area contributed by atoms with Crippen LogP contribution in [0.5, 0.6) is 11.5 Å². The SMILES string of the molecule is CCCCC(C=Nc1ccc(CC)c(CC)c1)=Nc1ccc(CC)c(CC)c1.CCCCCc1cc(O)c2c(O)cc(C)cc2c1.[Ni]. The van der Waals surface area contributed by atoms with Gasteiger partial charge in [-0.3, -0.25) is 9.98 Å². The molecule has 4 aromatic carbocycles. The molecule has 4 aromatic rings. The summed E-state index contributed by atoms with van der Waals surface area (Å²) >= 11 is 0. The minimum Gasteiger partial charge on any atom is -0.507 e. The maximum absolute atomic E-state index is 10.0. The second-order valence-electron chi connectivity index (χ2n) is 12.2. The molecule has 0 amide bonds. The average Bonchev–Trinajstić information content (AvgIpc) is 3.05. The van der Waals surface area contributed by atoms with Crippen molar-refractivity contribution in [2.75, 3.05) is 0 Å². The van der Waals surface area contributed by atoms with Crippen LogP contribution in [0.2, 0.25) is 0 Å². The first-order valence-electron chi connectivity index (χ1n) is 17.6. The van der Waals surface area contributed by atoms with Crippen molar-refractivity contribution in [2.24, 2.45) is 9.98 Å². The maximum Gasteiger partial charge on any atom is 0.127 e. The molecule has 0 saturated heterocycles. The van der Waals surface area contributed by atoms with Crippen molar-refractivity contribution in [1.82, 2.24) is 0 Å². The molecule has 0 heterocycles. The maximum atomic E-state index is 10.0. The monoisotopic (exact) mass is 678 g/mol. The molecule has 0 fully saturated rings. The van der Waals surface area contributed by atoms with Gasteiger partial charge in [0.15, 0.2) is 0 Å². The number of phenolic OH excluding ortho intramolecular Hbond substituents is 2. The molecule has 0 aliphatic heterocycles. The van der Waals surface area contributed by atoms with Crippen LogP contribution < -0.4 is 0 Å². The van der Waals surface area contributed by atoms with Gasteiger partial charge in [-0.15, -0.1) is 0 Å². The van der Waals surface area contributed by atoms with Gasteiger partial charge in [0.1, 0.15) is 11.5 Å². The first kappa shape index (κ1) is 39.8. The molecule has 47 heavy (non-hydrogen) atoms. The average molecular weight is 680 g/mol. The largest absolute Gasteiger partial charge is 0.507 e. The molecule has 5 heteroatoms. The number of unbranched alkanes of at least 4 members (excludes halogenated alkanes) is 3. The van der Waals surface area contributed by atoms with Crippen molar-refractivity contribution in [2.45, 2.75) is 119 Å². The third-order valence-electron chi connectivity index (χ3n) is 8.61. The summed E-state index contributed by atoms with van der Waals surface area (Å²) < 4.78 is 0. The van der Waals surface area contributed by atoms with Crippen molar-refractivity contribution in [3.8, 4) is 11.5 Å². The number of rotatable bonds is 14. The molecule has 0 atom stereocenters. The summed E-state index contributed by atoms with van der Waals surface area (Å²) in [6, 6.07) is 20.7. The Kier molecular flexibility index (Phi) is 17.5. The zero-order valence-electron chi connectivity index (χ0n) is 29.7. The van der Waals surface area contributed by atoms with Gasteiger partial charge in [0.05, 0.1) is 22.5 Å². The first-order valence-corrected chi connectivity index (χ1v) is 17.6. The fourth-order valence-electron chi connectivity index (χ4n) is 5.95. The van der Waals surface area contributed by atoms with E-state index < -0.39 is 0 Å². The Balaban J connectivity index is 0.000000349. The summed E-state index contributed by atoms with van der Waals surface area (Å²) in [6.07, 6.45) is 14.0. The Morgan fingerprint density at radius 1 is 0.638 bits per heavy atom. The van der Waals surface area contributed by atoms with E-state index >= 15 is 0 Å². The van der Waals surface area contributed by atoms with Gasteiger partial charge in [-0.1, -0.05) is 85.1 Å². The molecule has 4 rings (SSSR count). The van der Waals surface area contributed by atoms with Crippen LogP contribution in [-0.2, 0) is 48.6 Å². The number of aryl methyl sites for hydroxylation is 6. The third-order valence-corrected chi connectivity index (χ3v) is 8.61. The molecule has 0 radical (unpaired) electrons. The van der Waals surface area contributed by atoms with Gasteiger partial charge in [-0.05, 0) is 133 Å². The van der Waals surface area contributed by atoms with E-state index in [0.717, 1.165) is 91.4 Å². The Morgan fingerprint density at radius 2 is 1.21 bits per heavy atom. The molecular weight excluding hydrogens is 623 g/mol. The van der Waals surface area contributed by atoms with Gasteiger partial charge in [0, 0.05) is 22.7 Å². The van der Waals surface area contributed by atoms with Crippen LogP contribution in [0.25, 0.3) is 10.8 Å². The number of aliphatic imine (C=N–C) groups is 2. The zero-order valence-corrected chi connectivity index (χ0v) is 30.7. The first-order chi connectivity index (χ1) is 22.3. The van der Waals surface area contributed by atoms with E-state index in [0.29, 0.717) is 5.39 Å². The van der Waals surface area contributed by atoms with E-state index in [1.165, 1.54) is 35.1 Å². The van der Waals surface area contributed by atoms with Gasteiger partial charge in [-0.25, -0.2) is 0 Å². The van der Waals surface area contributed by atoms with Crippen LogP contribution in [0.4, 0.5) is 11.4 Å². The molecule has 0 spiro atoms. The molecule has 0 unspecified atom stereocenters. The summed E-state index contributed by atoms with van der Waals surface area (Å²) in [5, 5.41) is 21.4. The van der Waals surface area contributed by atoms with Crippen LogP contribution >= 0.6 is 0 Å².